The number of rotatable bonds is 6. The predicted octanol–water partition coefficient (Wildman–Crippen LogP) is 2.61. The Bertz CT molecular complexity index is 1290. The number of aromatic nitrogens is 6. The highest BCUT2D eigenvalue weighted by molar-refractivity contribution is 7.92. The number of nitrogens with zero attached hydrogens (tertiary/aromatic N) is 6. The van der Waals surface area contributed by atoms with Crippen molar-refractivity contribution in [3.63, 3.8) is 0 Å². The summed E-state index contributed by atoms with van der Waals surface area (Å²) < 4.78 is 36.2. The second kappa shape index (κ2) is 7.59. The van der Waals surface area contributed by atoms with E-state index in [1.165, 1.54) is 18.9 Å². The summed E-state index contributed by atoms with van der Waals surface area (Å²) in [7, 11) is -2.06. The van der Waals surface area contributed by atoms with Gasteiger partial charge in [0.2, 0.25) is 5.88 Å². The van der Waals surface area contributed by atoms with Crippen molar-refractivity contribution < 1.29 is 13.2 Å². The van der Waals surface area contributed by atoms with Gasteiger partial charge in [-0.2, -0.15) is 13.5 Å². The Labute approximate surface area is 173 Å². The molecule has 154 valence electrons. The van der Waals surface area contributed by atoms with Gasteiger partial charge in [-0.25, -0.2) is 19.6 Å². The Hall–Kier alpha value is -3.73. The molecule has 0 spiro atoms. The summed E-state index contributed by atoms with van der Waals surface area (Å²) in [4.78, 5) is 12.2. The molecule has 1 N–H and O–H groups in total. The van der Waals surface area contributed by atoms with E-state index in [0.29, 0.717) is 23.1 Å². The molecule has 0 amide bonds. The third-order valence-corrected chi connectivity index (χ3v) is 5.41. The zero-order valence-corrected chi connectivity index (χ0v) is 17.3. The van der Waals surface area contributed by atoms with Gasteiger partial charge < -0.3 is 9.30 Å². The molecule has 0 saturated carbocycles. The van der Waals surface area contributed by atoms with Crippen molar-refractivity contribution in [1.82, 2.24) is 29.3 Å². The summed E-state index contributed by atoms with van der Waals surface area (Å²) in [6.45, 7) is 3.85. The summed E-state index contributed by atoms with van der Waals surface area (Å²) in [5.41, 5.74) is 2.22. The number of hydrogen-bond acceptors (Lipinski definition) is 7. The number of sulfonamides is 1. The first-order valence-electron chi connectivity index (χ1n) is 8.94. The van der Waals surface area contributed by atoms with Crippen LogP contribution in [0.4, 0.5) is 5.69 Å². The molecule has 30 heavy (non-hydrogen) atoms. The van der Waals surface area contributed by atoms with Gasteiger partial charge in [0.15, 0.2) is 10.8 Å². The average Bonchev–Trinajstić information content (AvgIpc) is 3.29. The van der Waals surface area contributed by atoms with Crippen LogP contribution in [-0.4, -0.2) is 37.7 Å². The molecular formula is C19H19N7O3S. The molecule has 0 fully saturated rings. The highest BCUT2D eigenvalue weighted by atomic mass is 32.2. The van der Waals surface area contributed by atoms with Gasteiger partial charge in [0, 0.05) is 30.7 Å². The first kappa shape index (κ1) is 19.6. The van der Waals surface area contributed by atoms with Gasteiger partial charge in [0.05, 0.1) is 12.0 Å². The Kier molecular flexibility index (Phi) is 4.96. The third-order valence-electron chi connectivity index (χ3n) is 4.14. The molecule has 0 unspecified atom stereocenters. The highest BCUT2D eigenvalue weighted by Gasteiger charge is 2.17. The quantitative estimate of drug-likeness (QED) is 0.505. The molecule has 4 rings (SSSR count). The molecule has 0 aliphatic rings. The van der Waals surface area contributed by atoms with Crippen LogP contribution in [0.25, 0.3) is 5.82 Å². The van der Waals surface area contributed by atoms with Crippen molar-refractivity contribution >= 4 is 15.7 Å². The number of anilines is 1. The van der Waals surface area contributed by atoms with E-state index in [4.69, 9.17) is 4.74 Å². The van der Waals surface area contributed by atoms with Crippen molar-refractivity contribution in [2.24, 2.45) is 7.05 Å². The van der Waals surface area contributed by atoms with Crippen LogP contribution >= 0.6 is 0 Å². The average molecular weight is 425 g/mol. The lowest BCUT2D eigenvalue weighted by atomic mass is 10.3. The van der Waals surface area contributed by atoms with E-state index >= 15 is 0 Å². The van der Waals surface area contributed by atoms with Crippen LogP contribution in [-0.2, 0) is 17.1 Å². The van der Waals surface area contributed by atoms with Crippen LogP contribution in [0.3, 0.4) is 0 Å². The van der Waals surface area contributed by atoms with Gasteiger partial charge >= 0.3 is 0 Å². The van der Waals surface area contributed by atoms with Gasteiger partial charge in [-0.15, -0.1) is 0 Å². The summed E-state index contributed by atoms with van der Waals surface area (Å²) in [5, 5.41) is 4.35. The second-order valence-electron chi connectivity index (χ2n) is 6.66. The lowest BCUT2D eigenvalue weighted by Crippen LogP contribution is -2.13. The minimum atomic E-state index is -3.76. The molecule has 1 aromatic carbocycles. The van der Waals surface area contributed by atoms with E-state index in [1.54, 1.807) is 46.6 Å². The first-order valence-corrected chi connectivity index (χ1v) is 10.4. The lowest BCUT2D eigenvalue weighted by molar-refractivity contribution is 0.460. The minimum Gasteiger partial charge on any atom is -0.439 e. The van der Waals surface area contributed by atoms with E-state index in [-0.39, 0.29) is 5.03 Å². The van der Waals surface area contributed by atoms with E-state index in [9.17, 15) is 8.42 Å². The largest absolute Gasteiger partial charge is 0.439 e. The van der Waals surface area contributed by atoms with E-state index in [2.05, 4.69) is 24.8 Å². The van der Waals surface area contributed by atoms with Crippen LogP contribution < -0.4 is 9.46 Å². The SMILES string of the molecule is Cc1cc(C)n(-c2cc(Oc3ccc(NS(=O)(=O)c4cn(C)cn4)cc3)ncn2)n1. The first-order chi connectivity index (χ1) is 14.3. The van der Waals surface area contributed by atoms with Crippen molar-refractivity contribution in [3.8, 4) is 17.4 Å². The predicted molar refractivity (Wildman–Crippen MR) is 109 cm³/mol. The number of imidazole rings is 1. The number of aryl methyl sites for hydroxylation is 3. The maximum Gasteiger partial charge on any atom is 0.280 e. The Morgan fingerprint density at radius 3 is 2.43 bits per heavy atom. The number of ether oxygens (including phenoxy) is 1. The molecular weight excluding hydrogens is 406 g/mol. The molecule has 0 radical (unpaired) electrons. The van der Waals surface area contributed by atoms with Crippen molar-refractivity contribution in [2.75, 3.05) is 4.72 Å². The van der Waals surface area contributed by atoms with E-state index in [0.717, 1.165) is 11.4 Å². The van der Waals surface area contributed by atoms with E-state index < -0.39 is 10.0 Å². The topological polar surface area (TPSA) is 117 Å². The summed E-state index contributed by atoms with van der Waals surface area (Å²) in [6.07, 6.45) is 4.25. The van der Waals surface area contributed by atoms with Crippen LogP contribution in [0, 0.1) is 13.8 Å². The molecule has 0 saturated heterocycles. The monoisotopic (exact) mass is 425 g/mol. The lowest BCUT2D eigenvalue weighted by Gasteiger charge is -2.09. The van der Waals surface area contributed by atoms with Gasteiger partial charge in [0.1, 0.15) is 12.1 Å². The van der Waals surface area contributed by atoms with Crippen LogP contribution in [0.2, 0.25) is 0 Å². The highest BCUT2D eigenvalue weighted by Crippen LogP contribution is 2.24. The Morgan fingerprint density at radius 1 is 1.03 bits per heavy atom. The van der Waals surface area contributed by atoms with Crippen molar-refractivity contribution in [3.05, 3.63) is 66.6 Å². The van der Waals surface area contributed by atoms with Gasteiger partial charge in [-0.05, 0) is 44.2 Å². The Morgan fingerprint density at radius 2 is 1.80 bits per heavy atom. The zero-order chi connectivity index (χ0) is 21.3. The number of benzene rings is 1. The molecule has 0 atom stereocenters. The van der Waals surface area contributed by atoms with Gasteiger partial charge in [-0.3, -0.25) is 4.72 Å². The maximum atomic E-state index is 12.3. The van der Waals surface area contributed by atoms with Crippen molar-refractivity contribution in [1.29, 1.82) is 0 Å². The summed E-state index contributed by atoms with van der Waals surface area (Å²) >= 11 is 0. The summed E-state index contributed by atoms with van der Waals surface area (Å²) in [6, 6.07) is 10.1. The fourth-order valence-corrected chi connectivity index (χ4v) is 3.85. The van der Waals surface area contributed by atoms with Crippen LogP contribution in [0.15, 0.2) is 60.3 Å². The molecule has 10 nitrogen and oxygen atoms in total. The van der Waals surface area contributed by atoms with E-state index in [1.807, 2.05) is 19.9 Å². The second-order valence-corrected chi connectivity index (χ2v) is 8.29. The molecule has 0 bridgehead atoms. The smallest absolute Gasteiger partial charge is 0.280 e. The molecule has 4 aromatic rings. The fourth-order valence-electron chi connectivity index (χ4n) is 2.81. The standard InChI is InChI=1S/C19H19N7O3S/c1-13-8-14(2)26(23-13)17-9-18(21-11-20-17)29-16-6-4-15(5-7-16)24-30(27,28)19-10-25(3)12-22-19/h4-12,24H,1-3H3. The van der Waals surface area contributed by atoms with Gasteiger partial charge in [0.25, 0.3) is 10.0 Å². The normalized spacial score (nSPS) is 11.4. The van der Waals surface area contributed by atoms with Gasteiger partial charge in [-0.1, -0.05) is 0 Å². The third kappa shape index (κ3) is 4.15. The maximum absolute atomic E-state index is 12.3. The zero-order valence-electron chi connectivity index (χ0n) is 16.5. The fraction of sp³-hybridized carbons (Fsp3) is 0.158. The van der Waals surface area contributed by atoms with Crippen LogP contribution in [0.1, 0.15) is 11.4 Å². The molecule has 0 aliphatic carbocycles. The molecule has 11 heteroatoms. The molecule has 3 heterocycles. The van der Waals surface area contributed by atoms with Crippen LogP contribution in [0.5, 0.6) is 11.6 Å². The van der Waals surface area contributed by atoms with Crippen molar-refractivity contribution in [2.45, 2.75) is 18.9 Å². The Balaban J connectivity index is 1.49. The number of nitrogens with one attached hydrogen (secondary N) is 1. The minimum absolute atomic E-state index is 0.0528. The number of hydrogen-bond donors (Lipinski definition) is 1. The molecule has 0 aliphatic heterocycles. The summed E-state index contributed by atoms with van der Waals surface area (Å²) in [5.74, 6) is 1.42. The molecule has 3 aromatic heterocycles.